The number of aromatic amines is 1. The monoisotopic (exact) mass is 412 g/mol. The van der Waals surface area contributed by atoms with E-state index in [1.807, 2.05) is 0 Å². The normalized spacial score (nSPS) is 23.5. The van der Waals surface area contributed by atoms with Crippen molar-refractivity contribution in [1.29, 1.82) is 0 Å². The Balaban J connectivity index is 1.51. The molecular weight excluding hydrogens is 380 g/mol. The zero-order chi connectivity index (χ0) is 21.3. The molecule has 1 N–H and O–H groups in total. The van der Waals surface area contributed by atoms with E-state index in [0.717, 1.165) is 23.4 Å². The van der Waals surface area contributed by atoms with Gasteiger partial charge < -0.3 is 4.98 Å². The average molecular weight is 413 g/mol. The average Bonchev–Trinajstić information content (AvgIpc) is 3.46. The van der Waals surface area contributed by atoms with Gasteiger partial charge in [-0.1, -0.05) is 32.8 Å². The summed E-state index contributed by atoms with van der Waals surface area (Å²) in [6, 6.07) is 7.23. The first kappa shape index (κ1) is 19.1. The van der Waals surface area contributed by atoms with Gasteiger partial charge in [0.15, 0.2) is 5.65 Å². The van der Waals surface area contributed by atoms with Crippen LogP contribution in [0.3, 0.4) is 0 Å². The van der Waals surface area contributed by atoms with Crippen LogP contribution in [-0.2, 0) is 0 Å². The van der Waals surface area contributed by atoms with E-state index >= 15 is 0 Å². The molecule has 0 aliphatic heterocycles. The molecule has 3 atom stereocenters. The number of hydrogen-bond acceptors (Lipinski definition) is 2. The lowest BCUT2D eigenvalue weighted by Crippen LogP contribution is -2.14. The Morgan fingerprint density at radius 1 is 1.03 bits per heavy atom. The Labute approximate surface area is 184 Å². The first-order valence-electron chi connectivity index (χ1n) is 11.9. The van der Waals surface area contributed by atoms with Gasteiger partial charge >= 0.3 is 0 Å². The highest BCUT2D eigenvalue weighted by Crippen LogP contribution is 2.49. The minimum Gasteiger partial charge on any atom is -0.354 e. The number of H-pyrrole nitrogens is 1. The predicted octanol–water partition coefficient (Wildman–Crippen LogP) is 6.91. The summed E-state index contributed by atoms with van der Waals surface area (Å²) in [7, 11) is 0. The number of nitrogens with one attached hydrogen (secondary N) is 1. The minimum absolute atomic E-state index is 0.442. The molecule has 2 fully saturated rings. The first-order valence-corrected chi connectivity index (χ1v) is 11.9. The number of aryl methyl sites for hydroxylation is 1. The molecule has 4 heteroatoms. The fourth-order valence-corrected chi connectivity index (χ4v) is 6.54. The molecule has 160 valence electrons. The molecule has 0 spiro atoms. The van der Waals surface area contributed by atoms with Crippen molar-refractivity contribution in [3.63, 3.8) is 0 Å². The molecule has 0 amide bonds. The maximum absolute atomic E-state index is 4.30. The summed E-state index contributed by atoms with van der Waals surface area (Å²) in [5, 5.41) is 9.82. The van der Waals surface area contributed by atoms with E-state index < -0.39 is 0 Å². The second-order valence-corrected chi connectivity index (χ2v) is 10.4. The lowest BCUT2D eigenvalue weighted by atomic mass is 9.77. The predicted molar refractivity (Wildman–Crippen MR) is 127 cm³/mol. The number of aromatic nitrogens is 4. The number of nitrogens with zero attached hydrogens (tertiary/aromatic N) is 3. The summed E-state index contributed by atoms with van der Waals surface area (Å²) in [5.74, 6) is 3.11. The van der Waals surface area contributed by atoms with Crippen LogP contribution in [0.2, 0.25) is 0 Å². The number of rotatable bonds is 3. The summed E-state index contributed by atoms with van der Waals surface area (Å²) in [6.45, 7) is 8.99. The molecule has 2 bridgehead atoms. The summed E-state index contributed by atoms with van der Waals surface area (Å²) < 4.78 is 2.05. The molecule has 1 unspecified atom stereocenters. The fraction of sp³-hybridized carbons (Fsp3) is 0.481. The van der Waals surface area contributed by atoms with Gasteiger partial charge in [-0.3, -0.25) is 4.40 Å². The molecule has 6 rings (SSSR count). The second-order valence-electron chi connectivity index (χ2n) is 10.4. The van der Waals surface area contributed by atoms with Gasteiger partial charge in [-0.15, -0.1) is 10.2 Å². The molecule has 2 saturated carbocycles. The Bertz CT molecular complexity index is 1280. The Kier molecular flexibility index (Phi) is 4.28. The zero-order valence-corrected chi connectivity index (χ0v) is 19.1. The van der Waals surface area contributed by atoms with Gasteiger partial charge in [-0.05, 0) is 91.2 Å². The molecular formula is C27H32N4. The largest absolute Gasteiger partial charge is 0.354 e. The standard InChI is InChI=1S/C27H32N4/c1-15(2)25-22-12-20(21-10-18-5-6-19(9-18)11-21)7-8-24(22)29-26(25)23-13-31-14-28-30-27(31)17(4)16(23)3/h7-8,12-15,18-19,21,29H,5-6,9-11H2,1-4H3/t18-,19+,21?. The fourth-order valence-electron chi connectivity index (χ4n) is 6.54. The highest BCUT2D eigenvalue weighted by atomic mass is 15.2. The van der Waals surface area contributed by atoms with Crippen molar-refractivity contribution < 1.29 is 0 Å². The van der Waals surface area contributed by atoms with Crippen molar-refractivity contribution in [2.24, 2.45) is 11.8 Å². The Morgan fingerprint density at radius 2 is 1.81 bits per heavy atom. The lowest BCUT2D eigenvalue weighted by molar-refractivity contribution is 0.320. The van der Waals surface area contributed by atoms with E-state index in [1.54, 1.807) is 11.9 Å². The smallest absolute Gasteiger partial charge is 0.163 e. The van der Waals surface area contributed by atoms with Crippen LogP contribution in [0, 0.1) is 25.7 Å². The number of fused-ring (bicyclic) bond motifs is 4. The minimum atomic E-state index is 0.442. The molecule has 3 heterocycles. The third-order valence-electron chi connectivity index (χ3n) is 8.21. The lowest BCUT2D eigenvalue weighted by Gasteiger charge is -2.28. The van der Waals surface area contributed by atoms with Crippen molar-refractivity contribution in [3.8, 4) is 11.3 Å². The van der Waals surface area contributed by atoms with Gasteiger partial charge in [0, 0.05) is 22.7 Å². The second kappa shape index (κ2) is 6.94. The van der Waals surface area contributed by atoms with Gasteiger partial charge in [0.2, 0.25) is 0 Å². The SMILES string of the molecule is Cc1c(-c2[nH]c3ccc(C4C[C@H]5CC[C@@H](C4)C5)cc3c2C(C)C)cn2cnnc2c1C. The summed E-state index contributed by atoms with van der Waals surface area (Å²) >= 11 is 0. The van der Waals surface area contributed by atoms with Gasteiger partial charge in [-0.2, -0.15) is 0 Å². The molecule has 0 saturated heterocycles. The van der Waals surface area contributed by atoms with E-state index in [4.69, 9.17) is 0 Å². The first-order chi connectivity index (χ1) is 15.0. The van der Waals surface area contributed by atoms with Crippen LogP contribution in [0.4, 0.5) is 0 Å². The molecule has 1 aromatic carbocycles. The van der Waals surface area contributed by atoms with E-state index in [9.17, 15) is 0 Å². The van der Waals surface area contributed by atoms with Crippen LogP contribution in [0.1, 0.15) is 80.0 Å². The van der Waals surface area contributed by atoms with Crippen LogP contribution in [0.15, 0.2) is 30.7 Å². The molecule has 4 nitrogen and oxygen atoms in total. The van der Waals surface area contributed by atoms with Crippen molar-refractivity contribution in [3.05, 3.63) is 53.0 Å². The summed E-state index contributed by atoms with van der Waals surface area (Å²) in [5.41, 5.74) is 10.2. The van der Waals surface area contributed by atoms with E-state index in [2.05, 4.69) is 71.7 Å². The molecule has 2 aliphatic carbocycles. The molecule has 0 radical (unpaired) electrons. The number of hydrogen-bond donors (Lipinski definition) is 1. The van der Waals surface area contributed by atoms with Crippen molar-refractivity contribution in [2.45, 2.75) is 71.6 Å². The molecule has 2 aliphatic rings. The highest BCUT2D eigenvalue weighted by Gasteiger charge is 2.34. The van der Waals surface area contributed by atoms with E-state index in [0.29, 0.717) is 5.92 Å². The Morgan fingerprint density at radius 3 is 2.55 bits per heavy atom. The third-order valence-corrected chi connectivity index (χ3v) is 8.21. The Hall–Kier alpha value is -2.62. The number of pyridine rings is 1. The maximum Gasteiger partial charge on any atom is 0.163 e. The summed E-state index contributed by atoms with van der Waals surface area (Å²) in [6.07, 6.45) is 11.2. The molecule has 4 aromatic rings. The highest BCUT2D eigenvalue weighted by molar-refractivity contribution is 5.92. The number of benzene rings is 1. The molecule has 31 heavy (non-hydrogen) atoms. The van der Waals surface area contributed by atoms with Crippen LogP contribution < -0.4 is 0 Å². The van der Waals surface area contributed by atoms with Gasteiger partial charge in [0.05, 0.1) is 5.69 Å². The zero-order valence-electron chi connectivity index (χ0n) is 19.1. The third kappa shape index (κ3) is 2.95. The topological polar surface area (TPSA) is 46.0 Å². The van der Waals surface area contributed by atoms with Crippen LogP contribution >= 0.6 is 0 Å². The van der Waals surface area contributed by atoms with Crippen molar-refractivity contribution in [1.82, 2.24) is 19.6 Å². The molecule has 3 aromatic heterocycles. The maximum atomic E-state index is 4.30. The van der Waals surface area contributed by atoms with Crippen LogP contribution in [0.5, 0.6) is 0 Å². The van der Waals surface area contributed by atoms with Gasteiger partial charge in [0.1, 0.15) is 6.33 Å². The van der Waals surface area contributed by atoms with Crippen molar-refractivity contribution in [2.75, 3.05) is 0 Å². The summed E-state index contributed by atoms with van der Waals surface area (Å²) in [4.78, 5) is 3.79. The van der Waals surface area contributed by atoms with E-state index in [-0.39, 0.29) is 0 Å². The van der Waals surface area contributed by atoms with Gasteiger partial charge in [0.25, 0.3) is 0 Å². The van der Waals surface area contributed by atoms with Crippen LogP contribution in [-0.4, -0.2) is 19.6 Å². The van der Waals surface area contributed by atoms with Gasteiger partial charge in [-0.25, -0.2) is 0 Å². The van der Waals surface area contributed by atoms with Crippen LogP contribution in [0.25, 0.3) is 27.8 Å². The van der Waals surface area contributed by atoms with E-state index in [1.165, 1.54) is 71.0 Å². The van der Waals surface area contributed by atoms with Crippen molar-refractivity contribution >= 4 is 16.6 Å². The quantitative estimate of drug-likeness (QED) is 0.397.